The Kier molecular flexibility index (Phi) is 6.06. The number of likely N-dealkylation sites (tertiary alicyclic amines) is 1. The molecule has 0 aromatic heterocycles. The number of benzene rings is 1. The second-order valence-electron chi connectivity index (χ2n) is 5.12. The van der Waals surface area contributed by atoms with Crippen LogP contribution in [0.4, 0.5) is 4.79 Å². The van der Waals surface area contributed by atoms with Crippen molar-refractivity contribution in [2.75, 3.05) is 26.3 Å². The van der Waals surface area contributed by atoms with Crippen LogP contribution in [-0.2, 0) is 9.53 Å². The van der Waals surface area contributed by atoms with E-state index in [0.717, 1.165) is 12.8 Å². The highest BCUT2D eigenvalue weighted by Crippen LogP contribution is 2.12. The number of rotatable bonds is 5. The lowest BCUT2D eigenvalue weighted by Crippen LogP contribution is -2.47. The first-order valence-corrected chi connectivity index (χ1v) is 7.58. The van der Waals surface area contributed by atoms with Gasteiger partial charge in [0.1, 0.15) is 5.75 Å². The lowest BCUT2D eigenvalue weighted by atomic mass is 10.1. The van der Waals surface area contributed by atoms with E-state index in [0.29, 0.717) is 25.4 Å². The molecule has 0 spiro atoms. The number of nitrogens with zero attached hydrogens (tertiary/aromatic N) is 1. The van der Waals surface area contributed by atoms with Crippen LogP contribution in [0, 0.1) is 0 Å². The third-order valence-corrected chi connectivity index (χ3v) is 3.55. The van der Waals surface area contributed by atoms with Gasteiger partial charge in [0, 0.05) is 19.1 Å². The molecule has 0 unspecified atom stereocenters. The molecule has 6 heteroatoms. The molecule has 1 N–H and O–H groups in total. The average molecular weight is 306 g/mol. The van der Waals surface area contributed by atoms with Gasteiger partial charge in [-0.2, -0.15) is 0 Å². The van der Waals surface area contributed by atoms with Crippen molar-refractivity contribution >= 4 is 12.0 Å². The van der Waals surface area contributed by atoms with E-state index in [4.69, 9.17) is 9.47 Å². The van der Waals surface area contributed by atoms with Crippen LogP contribution in [0.2, 0.25) is 0 Å². The highest BCUT2D eigenvalue weighted by molar-refractivity contribution is 5.78. The lowest BCUT2D eigenvalue weighted by Gasteiger charge is -2.32. The minimum Gasteiger partial charge on any atom is -0.484 e. The van der Waals surface area contributed by atoms with Gasteiger partial charge in [-0.1, -0.05) is 18.2 Å². The Morgan fingerprint density at radius 2 is 1.91 bits per heavy atom. The number of nitrogens with one attached hydrogen (secondary N) is 1. The summed E-state index contributed by atoms with van der Waals surface area (Å²) in [6.07, 6.45) is 1.07. The lowest BCUT2D eigenvalue weighted by molar-refractivity contribution is -0.134. The molecule has 22 heavy (non-hydrogen) atoms. The van der Waals surface area contributed by atoms with Gasteiger partial charge in [0.15, 0.2) is 6.61 Å². The largest absolute Gasteiger partial charge is 0.484 e. The Morgan fingerprint density at radius 3 is 2.55 bits per heavy atom. The number of carbonyl (C=O) groups excluding carboxylic acids is 2. The molecule has 0 aliphatic carbocycles. The SMILES string of the molecule is CCOC(=O)NC1CCN(C(=O)COc2ccccc2)CC1. The highest BCUT2D eigenvalue weighted by Gasteiger charge is 2.24. The van der Waals surface area contributed by atoms with Crippen molar-refractivity contribution in [2.24, 2.45) is 0 Å². The van der Waals surface area contributed by atoms with E-state index in [1.807, 2.05) is 30.3 Å². The van der Waals surface area contributed by atoms with E-state index in [-0.39, 0.29) is 24.6 Å². The first kappa shape index (κ1) is 16.1. The molecule has 0 radical (unpaired) electrons. The van der Waals surface area contributed by atoms with Crippen LogP contribution < -0.4 is 10.1 Å². The summed E-state index contributed by atoms with van der Waals surface area (Å²) >= 11 is 0. The van der Waals surface area contributed by atoms with Crippen LogP contribution in [0.1, 0.15) is 19.8 Å². The van der Waals surface area contributed by atoms with Gasteiger partial charge in [-0.15, -0.1) is 0 Å². The molecule has 2 rings (SSSR count). The molecule has 0 bridgehead atoms. The minimum absolute atomic E-state index is 0.0292. The van der Waals surface area contributed by atoms with Gasteiger partial charge < -0.3 is 19.7 Å². The first-order valence-electron chi connectivity index (χ1n) is 7.58. The monoisotopic (exact) mass is 306 g/mol. The summed E-state index contributed by atoms with van der Waals surface area (Å²) in [6.45, 7) is 3.41. The minimum atomic E-state index is -0.389. The Morgan fingerprint density at radius 1 is 1.23 bits per heavy atom. The van der Waals surface area contributed by atoms with E-state index >= 15 is 0 Å². The summed E-state index contributed by atoms with van der Waals surface area (Å²) in [6, 6.07) is 9.35. The van der Waals surface area contributed by atoms with E-state index < -0.39 is 0 Å². The van der Waals surface area contributed by atoms with E-state index in [1.165, 1.54) is 0 Å². The van der Waals surface area contributed by atoms with Gasteiger partial charge in [-0.05, 0) is 31.9 Å². The quantitative estimate of drug-likeness (QED) is 0.901. The standard InChI is InChI=1S/C16H22N2O4/c1-2-21-16(20)17-13-8-10-18(11-9-13)15(19)12-22-14-6-4-3-5-7-14/h3-7,13H,2,8-12H2,1H3,(H,17,20). The predicted octanol–water partition coefficient (Wildman–Crippen LogP) is 1.80. The van der Waals surface area contributed by atoms with Gasteiger partial charge >= 0.3 is 6.09 Å². The number of hydrogen-bond acceptors (Lipinski definition) is 4. The van der Waals surface area contributed by atoms with Crippen LogP contribution in [-0.4, -0.2) is 49.2 Å². The van der Waals surface area contributed by atoms with Crippen LogP contribution in [0.25, 0.3) is 0 Å². The van der Waals surface area contributed by atoms with E-state index in [1.54, 1.807) is 11.8 Å². The molecule has 1 aromatic carbocycles. The molecule has 2 amide bonds. The van der Waals surface area contributed by atoms with Crippen molar-refractivity contribution in [1.82, 2.24) is 10.2 Å². The number of alkyl carbamates (subject to hydrolysis) is 1. The molecule has 1 aliphatic heterocycles. The second-order valence-corrected chi connectivity index (χ2v) is 5.12. The molecule has 1 aromatic rings. The third kappa shape index (κ3) is 4.95. The topological polar surface area (TPSA) is 67.9 Å². The van der Waals surface area contributed by atoms with E-state index in [9.17, 15) is 9.59 Å². The highest BCUT2D eigenvalue weighted by atomic mass is 16.5. The van der Waals surface area contributed by atoms with Crippen molar-refractivity contribution in [1.29, 1.82) is 0 Å². The van der Waals surface area contributed by atoms with Gasteiger partial charge in [-0.3, -0.25) is 4.79 Å². The van der Waals surface area contributed by atoms with Crippen LogP contribution in [0.15, 0.2) is 30.3 Å². The number of carbonyl (C=O) groups is 2. The van der Waals surface area contributed by atoms with Crippen LogP contribution in [0.5, 0.6) is 5.75 Å². The molecule has 1 saturated heterocycles. The molecule has 1 heterocycles. The summed E-state index contributed by atoms with van der Waals surface area (Å²) in [4.78, 5) is 25.2. The Balaban J connectivity index is 1.69. The van der Waals surface area contributed by atoms with E-state index in [2.05, 4.69) is 5.32 Å². The molecule has 6 nitrogen and oxygen atoms in total. The van der Waals surface area contributed by atoms with Crippen molar-refractivity contribution in [2.45, 2.75) is 25.8 Å². The first-order chi connectivity index (χ1) is 10.7. The van der Waals surface area contributed by atoms with Crippen molar-refractivity contribution in [3.05, 3.63) is 30.3 Å². The smallest absolute Gasteiger partial charge is 0.407 e. The van der Waals surface area contributed by atoms with Crippen molar-refractivity contribution < 1.29 is 19.1 Å². The third-order valence-electron chi connectivity index (χ3n) is 3.55. The Bertz CT molecular complexity index is 484. The second kappa shape index (κ2) is 8.26. The number of para-hydroxylation sites is 1. The summed E-state index contributed by atoms with van der Waals surface area (Å²) in [7, 11) is 0. The number of ether oxygens (including phenoxy) is 2. The Hall–Kier alpha value is -2.24. The summed E-state index contributed by atoms with van der Waals surface area (Å²) in [5, 5.41) is 2.81. The van der Waals surface area contributed by atoms with Crippen LogP contribution >= 0.6 is 0 Å². The fraction of sp³-hybridized carbons (Fsp3) is 0.500. The summed E-state index contributed by atoms with van der Waals surface area (Å²) in [5.74, 6) is 0.660. The zero-order valence-corrected chi connectivity index (χ0v) is 12.8. The predicted molar refractivity (Wildman–Crippen MR) is 81.7 cm³/mol. The summed E-state index contributed by atoms with van der Waals surface area (Å²) in [5.41, 5.74) is 0. The fourth-order valence-electron chi connectivity index (χ4n) is 2.37. The van der Waals surface area contributed by atoms with Gasteiger partial charge in [-0.25, -0.2) is 4.79 Å². The van der Waals surface area contributed by atoms with Crippen molar-refractivity contribution in [3.63, 3.8) is 0 Å². The number of hydrogen-bond donors (Lipinski definition) is 1. The zero-order chi connectivity index (χ0) is 15.8. The summed E-state index contributed by atoms with van der Waals surface area (Å²) < 4.78 is 10.3. The molecule has 0 saturated carbocycles. The zero-order valence-electron chi connectivity index (χ0n) is 12.8. The molecule has 120 valence electrons. The normalized spacial score (nSPS) is 15.2. The maximum absolute atomic E-state index is 12.1. The molecule has 1 aliphatic rings. The van der Waals surface area contributed by atoms with Gasteiger partial charge in [0.2, 0.25) is 0 Å². The van der Waals surface area contributed by atoms with Gasteiger partial charge in [0.25, 0.3) is 5.91 Å². The van der Waals surface area contributed by atoms with Crippen molar-refractivity contribution in [3.8, 4) is 5.75 Å². The Labute approximate surface area is 130 Å². The fourth-order valence-corrected chi connectivity index (χ4v) is 2.37. The maximum Gasteiger partial charge on any atom is 0.407 e. The maximum atomic E-state index is 12.1. The van der Waals surface area contributed by atoms with Gasteiger partial charge in [0.05, 0.1) is 6.61 Å². The number of amides is 2. The molecule has 0 atom stereocenters. The average Bonchev–Trinajstić information content (AvgIpc) is 2.54. The molecular weight excluding hydrogens is 284 g/mol. The number of piperidine rings is 1. The molecule has 1 fully saturated rings. The van der Waals surface area contributed by atoms with Crippen LogP contribution in [0.3, 0.4) is 0 Å². The molecular formula is C16H22N2O4.